The van der Waals surface area contributed by atoms with E-state index in [1.807, 2.05) is 19.1 Å². The minimum absolute atomic E-state index is 0.0505. The Labute approximate surface area is 150 Å². The van der Waals surface area contributed by atoms with Crippen molar-refractivity contribution in [2.75, 3.05) is 12.0 Å². The zero-order valence-corrected chi connectivity index (χ0v) is 14.5. The molecule has 0 aliphatic carbocycles. The van der Waals surface area contributed by atoms with Crippen LogP contribution in [0, 0.1) is 6.92 Å². The molecule has 0 spiro atoms. The highest BCUT2D eigenvalue weighted by Gasteiger charge is 2.40. The number of methoxy groups -OCH3 is 1. The van der Waals surface area contributed by atoms with Crippen molar-refractivity contribution in [3.05, 3.63) is 59.7 Å². The molecule has 7 heteroatoms. The van der Waals surface area contributed by atoms with Crippen LogP contribution in [0.5, 0.6) is 5.75 Å². The van der Waals surface area contributed by atoms with Gasteiger partial charge in [-0.05, 0) is 31.2 Å². The molecule has 1 aliphatic rings. The van der Waals surface area contributed by atoms with E-state index in [2.05, 4.69) is 10.9 Å². The smallest absolute Gasteiger partial charge is 0.265 e. The van der Waals surface area contributed by atoms with Crippen molar-refractivity contribution >= 4 is 23.4 Å². The fourth-order valence-electron chi connectivity index (χ4n) is 2.74. The molecule has 0 bridgehead atoms. The molecule has 1 atom stereocenters. The predicted molar refractivity (Wildman–Crippen MR) is 95.7 cm³/mol. The maximum atomic E-state index is 12.6. The summed E-state index contributed by atoms with van der Waals surface area (Å²) >= 11 is 0. The number of carbonyl (C=O) groups excluding carboxylic acids is 3. The summed E-state index contributed by atoms with van der Waals surface area (Å²) < 4.78 is 5.22. The summed E-state index contributed by atoms with van der Waals surface area (Å²) in [7, 11) is 1.47. The number of nitrogens with zero attached hydrogens (tertiary/aromatic N) is 1. The van der Waals surface area contributed by atoms with Crippen LogP contribution >= 0.6 is 0 Å². The van der Waals surface area contributed by atoms with Crippen LogP contribution < -0.4 is 20.5 Å². The highest BCUT2D eigenvalue weighted by Crippen LogP contribution is 2.31. The summed E-state index contributed by atoms with van der Waals surface area (Å²) in [5.74, 6) is -0.746. The minimum atomic E-state index is -0.832. The monoisotopic (exact) mass is 353 g/mol. The van der Waals surface area contributed by atoms with Gasteiger partial charge in [-0.15, -0.1) is 0 Å². The lowest BCUT2D eigenvalue weighted by atomic mass is 10.1. The number of amides is 3. The Bertz CT molecular complexity index is 848. The third-order valence-corrected chi connectivity index (χ3v) is 4.15. The minimum Gasteiger partial charge on any atom is -0.495 e. The zero-order valence-electron chi connectivity index (χ0n) is 14.5. The Kier molecular flexibility index (Phi) is 4.99. The molecule has 7 nitrogen and oxygen atoms in total. The topological polar surface area (TPSA) is 87.7 Å². The molecule has 1 fully saturated rings. The number of aryl methyl sites for hydroxylation is 1. The van der Waals surface area contributed by atoms with Gasteiger partial charge in [0.1, 0.15) is 11.8 Å². The highest BCUT2D eigenvalue weighted by molar-refractivity contribution is 6.23. The number of anilines is 1. The SMILES string of the molecule is COc1ccccc1N1C(=O)C[C@@H](NNC(=O)c2ccc(C)cc2)C1=O. The molecule has 2 aromatic rings. The number of nitrogens with one attached hydrogen (secondary N) is 2. The van der Waals surface area contributed by atoms with Gasteiger partial charge in [-0.3, -0.25) is 19.8 Å². The van der Waals surface area contributed by atoms with Gasteiger partial charge in [-0.25, -0.2) is 10.3 Å². The van der Waals surface area contributed by atoms with E-state index in [0.29, 0.717) is 17.0 Å². The average Bonchev–Trinajstić information content (AvgIpc) is 2.93. The average molecular weight is 353 g/mol. The third kappa shape index (κ3) is 3.43. The summed E-state index contributed by atoms with van der Waals surface area (Å²) in [6.07, 6.45) is -0.0505. The van der Waals surface area contributed by atoms with Gasteiger partial charge in [0.15, 0.2) is 0 Å². The third-order valence-electron chi connectivity index (χ3n) is 4.15. The zero-order chi connectivity index (χ0) is 18.7. The molecule has 2 aromatic carbocycles. The van der Waals surface area contributed by atoms with Crippen LogP contribution in [0.2, 0.25) is 0 Å². The molecule has 1 saturated heterocycles. The molecule has 2 N–H and O–H groups in total. The summed E-state index contributed by atoms with van der Waals surface area (Å²) in [5.41, 5.74) is 7.04. The van der Waals surface area contributed by atoms with Crippen LogP contribution in [-0.2, 0) is 9.59 Å². The molecule has 0 saturated carbocycles. The van der Waals surface area contributed by atoms with E-state index in [1.54, 1.807) is 36.4 Å². The summed E-state index contributed by atoms with van der Waals surface area (Å²) in [5, 5.41) is 0. The van der Waals surface area contributed by atoms with E-state index in [9.17, 15) is 14.4 Å². The van der Waals surface area contributed by atoms with Gasteiger partial charge in [-0.2, -0.15) is 0 Å². The normalized spacial score (nSPS) is 16.7. The van der Waals surface area contributed by atoms with Gasteiger partial charge in [0.25, 0.3) is 11.8 Å². The van der Waals surface area contributed by atoms with Crippen molar-refractivity contribution < 1.29 is 19.1 Å². The molecule has 0 unspecified atom stereocenters. The van der Waals surface area contributed by atoms with Crippen LogP contribution in [0.1, 0.15) is 22.3 Å². The van der Waals surface area contributed by atoms with Crippen molar-refractivity contribution in [3.8, 4) is 5.75 Å². The predicted octanol–water partition coefficient (Wildman–Crippen LogP) is 1.57. The summed E-state index contributed by atoms with van der Waals surface area (Å²) in [6.45, 7) is 1.93. The van der Waals surface area contributed by atoms with Crippen molar-refractivity contribution in [2.45, 2.75) is 19.4 Å². The molecule has 1 heterocycles. The number of hydrogen-bond acceptors (Lipinski definition) is 5. The number of imide groups is 1. The number of rotatable bonds is 5. The van der Waals surface area contributed by atoms with E-state index in [-0.39, 0.29) is 18.2 Å². The van der Waals surface area contributed by atoms with Crippen LogP contribution in [0.3, 0.4) is 0 Å². The summed E-state index contributed by atoms with van der Waals surface area (Å²) in [6, 6.07) is 13.0. The largest absolute Gasteiger partial charge is 0.495 e. The van der Waals surface area contributed by atoms with Crippen LogP contribution in [-0.4, -0.2) is 30.9 Å². The second kappa shape index (κ2) is 7.37. The first-order valence-corrected chi connectivity index (χ1v) is 8.13. The molecule has 3 amide bonds. The maximum absolute atomic E-state index is 12.6. The summed E-state index contributed by atoms with van der Waals surface area (Å²) in [4.78, 5) is 38.2. The Hall–Kier alpha value is -3.19. The van der Waals surface area contributed by atoms with E-state index in [4.69, 9.17) is 4.74 Å². The van der Waals surface area contributed by atoms with Crippen molar-refractivity contribution in [2.24, 2.45) is 0 Å². The first-order chi connectivity index (χ1) is 12.5. The Balaban J connectivity index is 1.69. The fraction of sp³-hybridized carbons (Fsp3) is 0.211. The fourth-order valence-corrected chi connectivity index (χ4v) is 2.74. The lowest BCUT2D eigenvalue weighted by molar-refractivity contribution is -0.121. The highest BCUT2D eigenvalue weighted by atomic mass is 16.5. The van der Waals surface area contributed by atoms with Crippen LogP contribution in [0.25, 0.3) is 0 Å². The van der Waals surface area contributed by atoms with Crippen molar-refractivity contribution in [3.63, 3.8) is 0 Å². The Morgan fingerprint density at radius 1 is 1.12 bits per heavy atom. The molecule has 3 rings (SSSR count). The number of benzene rings is 2. The van der Waals surface area contributed by atoms with E-state index >= 15 is 0 Å². The van der Waals surface area contributed by atoms with Gasteiger partial charge < -0.3 is 4.74 Å². The quantitative estimate of drug-likeness (QED) is 0.629. The second-order valence-electron chi connectivity index (χ2n) is 5.96. The maximum Gasteiger partial charge on any atom is 0.265 e. The number of hydrazine groups is 1. The lowest BCUT2D eigenvalue weighted by Crippen LogP contribution is -2.48. The Morgan fingerprint density at radius 3 is 2.50 bits per heavy atom. The molecule has 134 valence electrons. The number of ether oxygens (including phenoxy) is 1. The number of carbonyl (C=O) groups is 3. The van der Waals surface area contributed by atoms with Crippen molar-refractivity contribution in [1.82, 2.24) is 10.9 Å². The molecule has 0 radical (unpaired) electrons. The number of hydrogen-bond donors (Lipinski definition) is 2. The molecule has 0 aromatic heterocycles. The Morgan fingerprint density at radius 2 is 1.81 bits per heavy atom. The van der Waals surface area contributed by atoms with Gasteiger partial charge in [0.05, 0.1) is 19.2 Å². The standard InChI is InChI=1S/C19H19N3O4/c1-12-7-9-13(10-8-12)18(24)21-20-14-11-17(23)22(19(14)25)15-5-3-4-6-16(15)26-2/h3-10,14,20H,11H2,1-2H3,(H,21,24)/t14-/m1/s1. The number of para-hydroxylation sites is 2. The first-order valence-electron chi connectivity index (χ1n) is 8.13. The van der Waals surface area contributed by atoms with Gasteiger partial charge in [0, 0.05) is 5.56 Å². The molecule has 26 heavy (non-hydrogen) atoms. The van der Waals surface area contributed by atoms with E-state index in [0.717, 1.165) is 10.5 Å². The van der Waals surface area contributed by atoms with Crippen molar-refractivity contribution in [1.29, 1.82) is 0 Å². The molecular formula is C19H19N3O4. The van der Waals surface area contributed by atoms with E-state index in [1.165, 1.54) is 7.11 Å². The lowest BCUT2D eigenvalue weighted by Gasteiger charge is -2.18. The first kappa shape index (κ1) is 17.6. The van der Waals surface area contributed by atoms with Crippen LogP contribution in [0.4, 0.5) is 5.69 Å². The van der Waals surface area contributed by atoms with Gasteiger partial charge in [-0.1, -0.05) is 29.8 Å². The molecular weight excluding hydrogens is 334 g/mol. The van der Waals surface area contributed by atoms with E-state index < -0.39 is 11.9 Å². The van der Waals surface area contributed by atoms with Gasteiger partial charge in [0.2, 0.25) is 5.91 Å². The van der Waals surface area contributed by atoms with Gasteiger partial charge >= 0.3 is 0 Å². The van der Waals surface area contributed by atoms with Crippen LogP contribution in [0.15, 0.2) is 48.5 Å². The molecule has 1 aliphatic heterocycles. The second-order valence-corrected chi connectivity index (χ2v) is 5.96.